The number of anilines is 1. The van der Waals surface area contributed by atoms with E-state index in [2.05, 4.69) is 0 Å². The molecule has 0 aliphatic carbocycles. The lowest BCUT2D eigenvalue weighted by Crippen LogP contribution is -2.48. The Balaban J connectivity index is 1.80. The van der Waals surface area contributed by atoms with E-state index in [1.807, 2.05) is 0 Å². The third kappa shape index (κ3) is 2.92. The number of hydrogen-bond donors (Lipinski definition) is 1. The number of hydrogen-bond acceptors (Lipinski definition) is 4. The third-order valence-corrected chi connectivity index (χ3v) is 4.30. The summed E-state index contributed by atoms with van der Waals surface area (Å²) >= 11 is 0. The zero-order chi connectivity index (χ0) is 16.6. The molecule has 2 amide bonds. The molecule has 1 saturated heterocycles. The molecule has 1 aromatic rings. The molecular formula is C16H18N2O5. The SMILES string of the molecule is CN1C(=O)CCc2cc(C(=O)N3CCOC(C(=O)O)C3)ccc21. The van der Waals surface area contributed by atoms with Crippen LogP contribution in [-0.4, -0.2) is 60.6 Å². The molecule has 122 valence electrons. The normalized spacial score (nSPS) is 21.1. The number of morpholine rings is 1. The summed E-state index contributed by atoms with van der Waals surface area (Å²) in [4.78, 5) is 38.4. The van der Waals surface area contributed by atoms with Crippen LogP contribution in [0.25, 0.3) is 0 Å². The predicted octanol–water partition coefficient (Wildman–Crippen LogP) is 0.521. The van der Waals surface area contributed by atoms with Crippen LogP contribution in [0.1, 0.15) is 22.3 Å². The van der Waals surface area contributed by atoms with Gasteiger partial charge in [-0.15, -0.1) is 0 Å². The molecule has 1 atom stereocenters. The Morgan fingerprint density at radius 3 is 2.83 bits per heavy atom. The van der Waals surface area contributed by atoms with E-state index in [-0.39, 0.29) is 25.0 Å². The molecule has 2 heterocycles. The first-order chi connectivity index (χ1) is 11.0. The average molecular weight is 318 g/mol. The van der Waals surface area contributed by atoms with Crippen molar-refractivity contribution in [2.45, 2.75) is 18.9 Å². The standard InChI is InChI=1S/C16H18N2O5/c1-17-12-4-2-11(8-10(12)3-5-14(17)19)15(20)18-6-7-23-13(9-18)16(21)22/h2,4,8,13H,3,5-7,9H2,1H3,(H,21,22). The van der Waals surface area contributed by atoms with Gasteiger partial charge in [0.2, 0.25) is 5.91 Å². The predicted molar refractivity (Wildman–Crippen MR) is 81.5 cm³/mol. The molecule has 7 nitrogen and oxygen atoms in total. The Kier molecular flexibility index (Phi) is 4.04. The molecule has 3 rings (SSSR count). The van der Waals surface area contributed by atoms with Gasteiger partial charge in [-0.1, -0.05) is 0 Å². The van der Waals surface area contributed by atoms with Crippen LogP contribution in [0.4, 0.5) is 5.69 Å². The summed E-state index contributed by atoms with van der Waals surface area (Å²) in [6, 6.07) is 5.25. The molecule has 1 fully saturated rings. The van der Waals surface area contributed by atoms with Crippen molar-refractivity contribution >= 4 is 23.5 Å². The van der Waals surface area contributed by atoms with E-state index in [1.165, 1.54) is 4.90 Å². The number of aryl methyl sites for hydroxylation is 1. The highest BCUT2D eigenvalue weighted by Gasteiger charge is 2.30. The summed E-state index contributed by atoms with van der Waals surface area (Å²) < 4.78 is 5.13. The minimum atomic E-state index is -1.06. The largest absolute Gasteiger partial charge is 0.479 e. The molecule has 0 aromatic heterocycles. The molecule has 1 N–H and O–H groups in total. The lowest BCUT2D eigenvalue weighted by atomic mass is 9.98. The van der Waals surface area contributed by atoms with Crippen molar-refractivity contribution in [3.8, 4) is 0 Å². The molecule has 1 aromatic carbocycles. The van der Waals surface area contributed by atoms with Gasteiger partial charge < -0.3 is 19.6 Å². The summed E-state index contributed by atoms with van der Waals surface area (Å²) in [5.41, 5.74) is 2.29. The summed E-state index contributed by atoms with van der Waals surface area (Å²) in [5.74, 6) is -1.20. The Morgan fingerprint density at radius 1 is 1.30 bits per heavy atom. The van der Waals surface area contributed by atoms with Crippen LogP contribution in [0.2, 0.25) is 0 Å². The monoisotopic (exact) mass is 318 g/mol. The molecule has 0 radical (unpaired) electrons. The molecule has 7 heteroatoms. The van der Waals surface area contributed by atoms with E-state index in [0.717, 1.165) is 11.3 Å². The fourth-order valence-corrected chi connectivity index (χ4v) is 2.96. The Bertz CT molecular complexity index is 672. The Labute approximate surface area is 133 Å². The van der Waals surface area contributed by atoms with Gasteiger partial charge in [0.15, 0.2) is 6.10 Å². The summed E-state index contributed by atoms with van der Waals surface area (Å²) in [7, 11) is 1.72. The van der Waals surface area contributed by atoms with Gasteiger partial charge in [-0.05, 0) is 30.2 Å². The number of carbonyl (C=O) groups is 3. The second kappa shape index (κ2) is 6.00. The number of carboxylic acids is 1. The van der Waals surface area contributed by atoms with Gasteiger partial charge >= 0.3 is 5.97 Å². The lowest BCUT2D eigenvalue weighted by molar-refractivity contribution is -0.154. The zero-order valence-corrected chi connectivity index (χ0v) is 12.8. The van der Waals surface area contributed by atoms with Crippen molar-refractivity contribution < 1.29 is 24.2 Å². The smallest absolute Gasteiger partial charge is 0.334 e. The number of carbonyl (C=O) groups excluding carboxylic acids is 2. The minimum absolute atomic E-state index is 0.0453. The molecule has 0 bridgehead atoms. The fraction of sp³-hybridized carbons (Fsp3) is 0.438. The van der Waals surface area contributed by atoms with E-state index >= 15 is 0 Å². The highest BCUT2D eigenvalue weighted by atomic mass is 16.5. The molecule has 0 saturated carbocycles. The van der Waals surface area contributed by atoms with Gasteiger partial charge in [-0.25, -0.2) is 4.79 Å². The van der Waals surface area contributed by atoms with Gasteiger partial charge in [0, 0.05) is 31.3 Å². The van der Waals surface area contributed by atoms with E-state index in [4.69, 9.17) is 9.84 Å². The maximum absolute atomic E-state index is 12.6. The Hall–Kier alpha value is -2.41. The van der Waals surface area contributed by atoms with Gasteiger partial charge in [0.25, 0.3) is 5.91 Å². The van der Waals surface area contributed by atoms with Gasteiger partial charge in [0.1, 0.15) is 0 Å². The van der Waals surface area contributed by atoms with Crippen molar-refractivity contribution in [1.82, 2.24) is 4.90 Å². The molecule has 2 aliphatic rings. The first-order valence-electron chi connectivity index (χ1n) is 7.50. The topological polar surface area (TPSA) is 87.2 Å². The maximum Gasteiger partial charge on any atom is 0.334 e. The van der Waals surface area contributed by atoms with Crippen molar-refractivity contribution in [3.05, 3.63) is 29.3 Å². The van der Waals surface area contributed by atoms with Crippen molar-refractivity contribution in [1.29, 1.82) is 0 Å². The van der Waals surface area contributed by atoms with Crippen LogP contribution in [0, 0.1) is 0 Å². The van der Waals surface area contributed by atoms with Crippen molar-refractivity contribution in [2.24, 2.45) is 0 Å². The average Bonchev–Trinajstić information content (AvgIpc) is 2.57. The lowest BCUT2D eigenvalue weighted by Gasteiger charge is -2.31. The number of aliphatic carboxylic acids is 1. The molecular weight excluding hydrogens is 300 g/mol. The van der Waals surface area contributed by atoms with Crippen LogP contribution in [0.15, 0.2) is 18.2 Å². The maximum atomic E-state index is 12.6. The molecule has 0 spiro atoms. The minimum Gasteiger partial charge on any atom is -0.479 e. The number of rotatable bonds is 2. The first-order valence-corrected chi connectivity index (χ1v) is 7.50. The van der Waals surface area contributed by atoms with Crippen LogP contribution in [-0.2, 0) is 20.7 Å². The van der Waals surface area contributed by atoms with Crippen LogP contribution in [0.5, 0.6) is 0 Å². The fourth-order valence-electron chi connectivity index (χ4n) is 2.96. The van der Waals surface area contributed by atoms with E-state index < -0.39 is 12.1 Å². The van der Waals surface area contributed by atoms with E-state index in [0.29, 0.717) is 24.9 Å². The second-order valence-electron chi connectivity index (χ2n) is 5.75. The third-order valence-electron chi connectivity index (χ3n) is 4.30. The summed E-state index contributed by atoms with van der Waals surface area (Å²) in [6.45, 7) is 0.632. The number of carboxylic acid groups (broad SMARTS) is 1. The molecule has 1 unspecified atom stereocenters. The number of fused-ring (bicyclic) bond motifs is 1. The van der Waals surface area contributed by atoms with E-state index in [1.54, 1.807) is 30.1 Å². The number of amides is 2. The van der Waals surface area contributed by atoms with Crippen LogP contribution < -0.4 is 4.90 Å². The van der Waals surface area contributed by atoms with Gasteiger partial charge in [0.05, 0.1) is 13.2 Å². The second-order valence-corrected chi connectivity index (χ2v) is 5.75. The zero-order valence-electron chi connectivity index (χ0n) is 12.8. The quantitative estimate of drug-likeness (QED) is 0.859. The van der Waals surface area contributed by atoms with Crippen LogP contribution in [0.3, 0.4) is 0 Å². The van der Waals surface area contributed by atoms with Crippen molar-refractivity contribution in [3.63, 3.8) is 0 Å². The summed E-state index contributed by atoms with van der Waals surface area (Å²) in [5, 5.41) is 9.02. The van der Waals surface area contributed by atoms with Gasteiger partial charge in [-0.2, -0.15) is 0 Å². The van der Waals surface area contributed by atoms with Crippen molar-refractivity contribution in [2.75, 3.05) is 31.6 Å². The highest BCUT2D eigenvalue weighted by molar-refractivity contribution is 5.99. The number of benzene rings is 1. The highest BCUT2D eigenvalue weighted by Crippen LogP contribution is 2.28. The Morgan fingerprint density at radius 2 is 2.09 bits per heavy atom. The van der Waals surface area contributed by atoms with Crippen LogP contribution >= 0.6 is 0 Å². The summed E-state index contributed by atoms with van der Waals surface area (Å²) in [6.07, 6.45) is 0.0642. The number of ether oxygens (including phenoxy) is 1. The molecule has 23 heavy (non-hydrogen) atoms. The first kappa shape index (κ1) is 15.5. The molecule has 2 aliphatic heterocycles. The number of nitrogens with zero attached hydrogens (tertiary/aromatic N) is 2. The van der Waals surface area contributed by atoms with Gasteiger partial charge in [-0.3, -0.25) is 9.59 Å². The van der Waals surface area contributed by atoms with E-state index in [9.17, 15) is 14.4 Å².